The Labute approximate surface area is 133 Å². The van der Waals surface area contributed by atoms with Crippen molar-refractivity contribution in [2.45, 2.75) is 58.4 Å². The van der Waals surface area contributed by atoms with Crippen molar-refractivity contribution in [2.75, 3.05) is 0 Å². The molecule has 21 heavy (non-hydrogen) atoms. The Kier molecular flexibility index (Phi) is 3.17. The van der Waals surface area contributed by atoms with E-state index in [-0.39, 0.29) is 6.04 Å². The average Bonchev–Trinajstić information content (AvgIpc) is 2.40. The molecule has 1 nitrogen and oxygen atoms in total. The zero-order chi connectivity index (χ0) is 14.8. The molecule has 0 aromatic heterocycles. The quantitative estimate of drug-likeness (QED) is 0.801. The van der Waals surface area contributed by atoms with E-state index in [0.29, 0.717) is 5.41 Å². The van der Waals surface area contributed by atoms with Crippen LogP contribution in [0, 0.1) is 37.0 Å². The lowest BCUT2D eigenvalue weighted by Crippen LogP contribution is -2.51. The summed E-state index contributed by atoms with van der Waals surface area (Å²) >= 11 is 6.27. The second kappa shape index (κ2) is 4.73. The predicted octanol–water partition coefficient (Wildman–Crippen LogP) is 5.17. The Morgan fingerprint density at radius 2 is 1.52 bits per heavy atom. The summed E-state index contributed by atoms with van der Waals surface area (Å²) in [5, 5.41) is 0.869. The second-order valence-electron chi connectivity index (χ2n) is 8.22. The number of aryl methyl sites for hydroxylation is 2. The molecule has 2 N–H and O–H groups in total. The van der Waals surface area contributed by atoms with E-state index >= 15 is 0 Å². The molecular formula is C19H26ClN. The maximum atomic E-state index is 6.87. The lowest BCUT2D eigenvalue weighted by molar-refractivity contribution is -0.0678. The first-order chi connectivity index (χ1) is 9.97. The van der Waals surface area contributed by atoms with Gasteiger partial charge < -0.3 is 5.73 Å². The van der Waals surface area contributed by atoms with Crippen molar-refractivity contribution >= 4 is 11.6 Å². The van der Waals surface area contributed by atoms with Gasteiger partial charge in [0.25, 0.3) is 0 Å². The molecule has 4 fully saturated rings. The Morgan fingerprint density at radius 1 is 1.00 bits per heavy atom. The second-order valence-corrected chi connectivity index (χ2v) is 8.62. The van der Waals surface area contributed by atoms with Crippen LogP contribution in [-0.4, -0.2) is 0 Å². The number of hydrogen-bond donors (Lipinski definition) is 1. The van der Waals surface area contributed by atoms with E-state index in [2.05, 4.69) is 26.0 Å². The molecule has 0 aliphatic heterocycles. The van der Waals surface area contributed by atoms with Gasteiger partial charge in [-0.05, 0) is 98.3 Å². The van der Waals surface area contributed by atoms with Gasteiger partial charge >= 0.3 is 0 Å². The van der Waals surface area contributed by atoms with Gasteiger partial charge in [-0.25, -0.2) is 0 Å². The summed E-state index contributed by atoms with van der Waals surface area (Å²) in [7, 11) is 0. The number of benzene rings is 1. The van der Waals surface area contributed by atoms with Crippen molar-refractivity contribution < 1.29 is 0 Å². The molecule has 5 rings (SSSR count). The van der Waals surface area contributed by atoms with Crippen LogP contribution >= 0.6 is 11.6 Å². The molecule has 1 aromatic rings. The number of halogens is 1. The highest BCUT2D eigenvalue weighted by Crippen LogP contribution is 2.63. The van der Waals surface area contributed by atoms with E-state index in [1.165, 1.54) is 49.7 Å². The molecule has 114 valence electrons. The fourth-order valence-electron chi connectivity index (χ4n) is 6.03. The van der Waals surface area contributed by atoms with Gasteiger partial charge in [-0.1, -0.05) is 17.7 Å². The van der Waals surface area contributed by atoms with Gasteiger partial charge in [0.1, 0.15) is 0 Å². The first-order valence-corrected chi connectivity index (χ1v) is 8.87. The molecule has 4 aliphatic rings. The standard InChI is InChI=1S/C19H26ClN/c1-11-4-17(20)12(2)3-16(11)18(21)19-8-13-5-14(9-19)7-15(6-13)10-19/h3-4,13-15,18H,5-10,21H2,1-2H3. The highest BCUT2D eigenvalue weighted by atomic mass is 35.5. The van der Waals surface area contributed by atoms with Gasteiger partial charge in [-0.2, -0.15) is 0 Å². The number of hydrogen-bond acceptors (Lipinski definition) is 1. The number of rotatable bonds is 2. The Morgan fingerprint density at radius 3 is 2.05 bits per heavy atom. The van der Waals surface area contributed by atoms with Crippen molar-refractivity contribution in [3.63, 3.8) is 0 Å². The Bertz CT molecular complexity index is 542. The third-order valence-electron chi connectivity index (χ3n) is 6.63. The van der Waals surface area contributed by atoms with E-state index in [1.807, 2.05) is 0 Å². The van der Waals surface area contributed by atoms with Crippen LogP contribution in [-0.2, 0) is 0 Å². The topological polar surface area (TPSA) is 26.0 Å². The molecule has 0 heterocycles. The van der Waals surface area contributed by atoms with Crippen molar-refractivity contribution in [2.24, 2.45) is 28.9 Å². The van der Waals surface area contributed by atoms with Gasteiger partial charge in [0.2, 0.25) is 0 Å². The Hall–Kier alpha value is -0.530. The third kappa shape index (κ3) is 2.16. The van der Waals surface area contributed by atoms with Crippen LogP contribution in [0.15, 0.2) is 12.1 Å². The smallest absolute Gasteiger partial charge is 0.0438 e. The van der Waals surface area contributed by atoms with Crippen LogP contribution in [0.5, 0.6) is 0 Å². The zero-order valence-corrected chi connectivity index (χ0v) is 13.9. The van der Waals surface area contributed by atoms with E-state index in [1.54, 1.807) is 0 Å². The van der Waals surface area contributed by atoms with Crippen LogP contribution in [0.1, 0.15) is 61.3 Å². The summed E-state index contributed by atoms with van der Waals surface area (Å²) in [6.45, 7) is 4.26. The van der Waals surface area contributed by atoms with Crippen LogP contribution in [0.3, 0.4) is 0 Å². The summed E-state index contributed by atoms with van der Waals surface area (Å²) in [5.41, 5.74) is 11.0. The van der Waals surface area contributed by atoms with Gasteiger partial charge in [0.05, 0.1) is 0 Å². The zero-order valence-electron chi connectivity index (χ0n) is 13.2. The summed E-state index contributed by atoms with van der Waals surface area (Å²) in [5.74, 6) is 2.86. The molecule has 4 bridgehead atoms. The van der Waals surface area contributed by atoms with Crippen LogP contribution in [0.4, 0.5) is 0 Å². The fourth-order valence-corrected chi connectivity index (χ4v) is 6.24. The van der Waals surface area contributed by atoms with Crippen molar-refractivity contribution in [3.05, 3.63) is 33.8 Å². The van der Waals surface area contributed by atoms with Crippen molar-refractivity contribution in [1.29, 1.82) is 0 Å². The highest BCUT2D eigenvalue weighted by molar-refractivity contribution is 6.31. The maximum absolute atomic E-state index is 6.87. The van der Waals surface area contributed by atoms with E-state index < -0.39 is 0 Å². The summed E-state index contributed by atoms with van der Waals surface area (Å²) in [4.78, 5) is 0. The van der Waals surface area contributed by atoms with Crippen LogP contribution in [0.2, 0.25) is 5.02 Å². The molecule has 0 radical (unpaired) electrons. The maximum Gasteiger partial charge on any atom is 0.0438 e. The molecule has 1 atom stereocenters. The van der Waals surface area contributed by atoms with Gasteiger partial charge in [0, 0.05) is 11.1 Å². The van der Waals surface area contributed by atoms with Gasteiger partial charge in [-0.3, -0.25) is 0 Å². The first-order valence-electron chi connectivity index (χ1n) is 8.49. The normalized spacial score (nSPS) is 38.8. The SMILES string of the molecule is Cc1cc(C(N)C23CC4CC(CC(C4)C2)C3)c(C)cc1Cl. The molecule has 0 spiro atoms. The van der Waals surface area contributed by atoms with E-state index in [4.69, 9.17) is 17.3 Å². The molecule has 2 heteroatoms. The lowest BCUT2D eigenvalue weighted by atomic mass is 9.47. The first kappa shape index (κ1) is 14.1. The summed E-state index contributed by atoms with van der Waals surface area (Å²) in [6.07, 6.45) is 8.52. The molecule has 0 saturated heterocycles. The monoisotopic (exact) mass is 303 g/mol. The average molecular weight is 304 g/mol. The minimum Gasteiger partial charge on any atom is -0.323 e. The highest BCUT2D eigenvalue weighted by Gasteiger charge is 2.53. The summed E-state index contributed by atoms with van der Waals surface area (Å²) in [6, 6.07) is 4.55. The van der Waals surface area contributed by atoms with Gasteiger partial charge in [-0.15, -0.1) is 0 Å². The molecule has 1 unspecified atom stereocenters. The van der Waals surface area contributed by atoms with Crippen LogP contribution < -0.4 is 5.73 Å². The molecule has 4 aliphatic carbocycles. The van der Waals surface area contributed by atoms with Crippen molar-refractivity contribution in [1.82, 2.24) is 0 Å². The van der Waals surface area contributed by atoms with Gasteiger partial charge in [0.15, 0.2) is 0 Å². The summed E-state index contributed by atoms with van der Waals surface area (Å²) < 4.78 is 0. The van der Waals surface area contributed by atoms with Crippen LogP contribution in [0.25, 0.3) is 0 Å². The molecule has 0 amide bonds. The fraction of sp³-hybridized carbons (Fsp3) is 0.684. The number of nitrogens with two attached hydrogens (primary N) is 1. The Balaban J connectivity index is 1.71. The lowest BCUT2D eigenvalue weighted by Gasteiger charge is -2.59. The molecular weight excluding hydrogens is 278 g/mol. The predicted molar refractivity (Wildman–Crippen MR) is 88.5 cm³/mol. The molecule has 1 aromatic carbocycles. The van der Waals surface area contributed by atoms with E-state index in [0.717, 1.165) is 28.3 Å². The minimum atomic E-state index is 0.196. The minimum absolute atomic E-state index is 0.196. The largest absolute Gasteiger partial charge is 0.323 e. The molecule has 4 saturated carbocycles. The third-order valence-corrected chi connectivity index (χ3v) is 7.03. The van der Waals surface area contributed by atoms with E-state index in [9.17, 15) is 0 Å². The van der Waals surface area contributed by atoms with Crippen molar-refractivity contribution in [3.8, 4) is 0 Å².